The van der Waals surface area contributed by atoms with Crippen LogP contribution in [0.15, 0.2) is 18.2 Å². The van der Waals surface area contributed by atoms with Crippen molar-refractivity contribution in [3.05, 3.63) is 35.4 Å². The lowest BCUT2D eigenvalue weighted by Gasteiger charge is -2.18. The van der Waals surface area contributed by atoms with E-state index in [4.69, 9.17) is 5.11 Å². The lowest BCUT2D eigenvalue weighted by molar-refractivity contribution is -0.141. The molecule has 1 aliphatic rings. The van der Waals surface area contributed by atoms with Gasteiger partial charge in [-0.2, -0.15) is 0 Å². The second kappa shape index (κ2) is 6.20. The Morgan fingerprint density at radius 2 is 1.95 bits per heavy atom. The van der Waals surface area contributed by atoms with Crippen molar-refractivity contribution in [3.8, 4) is 0 Å². The molecule has 1 aromatic carbocycles. The Bertz CT molecular complexity index is 562. The van der Waals surface area contributed by atoms with E-state index >= 15 is 0 Å². The summed E-state index contributed by atoms with van der Waals surface area (Å²) in [5, 5.41) is 11.5. The SMILES string of the molecule is CC(NC(=O)C1CCC(C(=O)O)C1)c1cc(F)ccc1F. The standard InChI is InChI=1S/C15H17F2NO3/c1-8(12-7-11(16)4-5-13(12)17)18-14(19)9-2-3-10(6-9)15(20)21/h4-5,7-10H,2-3,6H2,1H3,(H,18,19)(H,20,21). The maximum atomic E-state index is 13.6. The van der Waals surface area contributed by atoms with E-state index < -0.39 is 29.6 Å². The van der Waals surface area contributed by atoms with Crippen LogP contribution >= 0.6 is 0 Å². The number of hydrogen-bond donors (Lipinski definition) is 2. The Morgan fingerprint density at radius 3 is 2.57 bits per heavy atom. The number of carbonyl (C=O) groups is 2. The minimum atomic E-state index is -0.894. The Morgan fingerprint density at radius 1 is 1.29 bits per heavy atom. The van der Waals surface area contributed by atoms with Crippen LogP contribution in [0.5, 0.6) is 0 Å². The summed E-state index contributed by atoms with van der Waals surface area (Å²) in [6.07, 6.45) is 1.26. The van der Waals surface area contributed by atoms with Crippen LogP contribution in [0.2, 0.25) is 0 Å². The molecule has 21 heavy (non-hydrogen) atoms. The molecular weight excluding hydrogens is 280 g/mol. The predicted molar refractivity (Wildman–Crippen MR) is 71.4 cm³/mol. The van der Waals surface area contributed by atoms with Crippen molar-refractivity contribution < 1.29 is 23.5 Å². The predicted octanol–water partition coefficient (Wildman–Crippen LogP) is 2.64. The zero-order valence-electron chi connectivity index (χ0n) is 11.6. The maximum absolute atomic E-state index is 13.6. The number of carboxylic acids is 1. The Hall–Kier alpha value is -1.98. The molecule has 0 bridgehead atoms. The number of carboxylic acid groups (broad SMARTS) is 1. The number of hydrogen-bond acceptors (Lipinski definition) is 2. The summed E-state index contributed by atoms with van der Waals surface area (Å²) >= 11 is 0. The van der Waals surface area contributed by atoms with Gasteiger partial charge in [0.2, 0.25) is 5.91 Å². The molecule has 1 saturated carbocycles. The number of benzene rings is 1. The van der Waals surface area contributed by atoms with Gasteiger partial charge in [-0.15, -0.1) is 0 Å². The van der Waals surface area contributed by atoms with Gasteiger partial charge >= 0.3 is 5.97 Å². The molecule has 0 aromatic heterocycles. The second-order valence-electron chi connectivity index (χ2n) is 5.44. The fourth-order valence-corrected chi connectivity index (χ4v) is 2.70. The summed E-state index contributed by atoms with van der Waals surface area (Å²) in [6.45, 7) is 1.57. The largest absolute Gasteiger partial charge is 0.481 e. The molecular formula is C15H17F2NO3. The first kappa shape index (κ1) is 15.4. The molecule has 6 heteroatoms. The van der Waals surface area contributed by atoms with Gasteiger partial charge in [-0.1, -0.05) is 0 Å². The number of amides is 1. The molecule has 3 atom stereocenters. The third kappa shape index (κ3) is 3.56. The lowest BCUT2D eigenvalue weighted by atomic mass is 10.0. The van der Waals surface area contributed by atoms with E-state index in [0.717, 1.165) is 18.2 Å². The van der Waals surface area contributed by atoms with Crippen molar-refractivity contribution in [2.75, 3.05) is 0 Å². The quantitative estimate of drug-likeness (QED) is 0.898. The maximum Gasteiger partial charge on any atom is 0.306 e. The van der Waals surface area contributed by atoms with E-state index in [1.165, 1.54) is 0 Å². The van der Waals surface area contributed by atoms with E-state index in [1.54, 1.807) is 6.92 Å². The van der Waals surface area contributed by atoms with Crippen molar-refractivity contribution in [2.45, 2.75) is 32.2 Å². The van der Waals surface area contributed by atoms with E-state index in [0.29, 0.717) is 19.3 Å². The molecule has 1 fully saturated rings. The summed E-state index contributed by atoms with van der Waals surface area (Å²) < 4.78 is 26.8. The molecule has 1 amide bonds. The van der Waals surface area contributed by atoms with Crippen LogP contribution in [-0.4, -0.2) is 17.0 Å². The average Bonchev–Trinajstić information content (AvgIpc) is 2.91. The molecule has 1 aromatic rings. The van der Waals surface area contributed by atoms with Gasteiger partial charge < -0.3 is 10.4 Å². The van der Waals surface area contributed by atoms with Crippen LogP contribution in [0.1, 0.15) is 37.8 Å². The van der Waals surface area contributed by atoms with Crippen molar-refractivity contribution in [2.24, 2.45) is 11.8 Å². The van der Waals surface area contributed by atoms with Gasteiger partial charge in [-0.3, -0.25) is 9.59 Å². The smallest absolute Gasteiger partial charge is 0.306 e. The van der Waals surface area contributed by atoms with E-state index in [-0.39, 0.29) is 17.4 Å². The van der Waals surface area contributed by atoms with E-state index in [2.05, 4.69) is 5.32 Å². The molecule has 114 valence electrons. The highest BCUT2D eigenvalue weighted by molar-refractivity contribution is 5.81. The molecule has 0 spiro atoms. The van der Waals surface area contributed by atoms with Crippen LogP contribution in [0, 0.1) is 23.5 Å². The van der Waals surface area contributed by atoms with Gasteiger partial charge in [0.25, 0.3) is 0 Å². The molecule has 3 unspecified atom stereocenters. The van der Waals surface area contributed by atoms with Gasteiger partial charge in [-0.25, -0.2) is 8.78 Å². The zero-order valence-corrected chi connectivity index (χ0v) is 11.6. The topological polar surface area (TPSA) is 66.4 Å². The molecule has 2 N–H and O–H groups in total. The average molecular weight is 297 g/mol. The van der Waals surface area contributed by atoms with Gasteiger partial charge in [-0.05, 0) is 44.4 Å². The van der Waals surface area contributed by atoms with Crippen LogP contribution in [-0.2, 0) is 9.59 Å². The highest BCUT2D eigenvalue weighted by Gasteiger charge is 2.34. The summed E-state index contributed by atoms with van der Waals surface area (Å²) in [5.74, 6) is -3.24. The molecule has 0 saturated heterocycles. The minimum absolute atomic E-state index is 0.0798. The fraction of sp³-hybridized carbons (Fsp3) is 0.467. The fourth-order valence-electron chi connectivity index (χ4n) is 2.70. The Labute approximate surface area is 121 Å². The number of rotatable bonds is 4. The Balaban J connectivity index is 1.99. The lowest BCUT2D eigenvalue weighted by Crippen LogP contribution is -2.32. The molecule has 4 nitrogen and oxygen atoms in total. The molecule has 2 rings (SSSR count). The molecule has 0 heterocycles. The molecule has 1 aliphatic carbocycles. The normalized spacial score (nSPS) is 22.8. The highest BCUT2D eigenvalue weighted by Crippen LogP contribution is 2.31. The zero-order chi connectivity index (χ0) is 15.6. The number of aliphatic carboxylic acids is 1. The summed E-state index contributed by atoms with van der Waals surface area (Å²) in [7, 11) is 0. The molecule has 0 radical (unpaired) electrons. The number of carbonyl (C=O) groups excluding carboxylic acids is 1. The first-order valence-electron chi connectivity index (χ1n) is 6.86. The summed E-state index contributed by atoms with van der Waals surface area (Å²) in [4.78, 5) is 22.9. The first-order chi connectivity index (χ1) is 9.88. The van der Waals surface area contributed by atoms with Gasteiger partial charge in [0.05, 0.1) is 12.0 Å². The van der Waals surface area contributed by atoms with Crippen molar-refractivity contribution in [1.82, 2.24) is 5.32 Å². The van der Waals surface area contributed by atoms with Crippen LogP contribution in [0.25, 0.3) is 0 Å². The van der Waals surface area contributed by atoms with Gasteiger partial charge in [0.1, 0.15) is 11.6 Å². The highest BCUT2D eigenvalue weighted by atomic mass is 19.1. The Kier molecular flexibility index (Phi) is 4.55. The minimum Gasteiger partial charge on any atom is -0.481 e. The van der Waals surface area contributed by atoms with E-state index in [9.17, 15) is 18.4 Å². The van der Waals surface area contributed by atoms with Crippen molar-refractivity contribution in [1.29, 1.82) is 0 Å². The van der Waals surface area contributed by atoms with Crippen molar-refractivity contribution >= 4 is 11.9 Å². The molecule has 0 aliphatic heterocycles. The van der Waals surface area contributed by atoms with E-state index in [1.807, 2.05) is 0 Å². The van der Waals surface area contributed by atoms with Crippen LogP contribution in [0.4, 0.5) is 8.78 Å². The first-order valence-corrected chi connectivity index (χ1v) is 6.86. The van der Waals surface area contributed by atoms with Gasteiger partial charge in [0, 0.05) is 11.5 Å². The number of nitrogens with one attached hydrogen (secondary N) is 1. The van der Waals surface area contributed by atoms with Gasteiger partial charge in [0.15, 0.2) is 0 Å². The summed E-state index contributed by atoms with van der Waals surface area (Å²) in [6, 6.07) is 2.41. The second-order valence-corrected chi connectivity index (χ2v) is 5.44. The van der Waals surface area contributed by atoms with Crippen LogP contribution < -0.4 is 5.32 Å². The summed E-state index contributed by atoms with van der Waals surface area (Å²) in [5.41, 5.74) is 0.0798. The monoisotopic (exact) mass is 297 g/mol. The number of halogens is 2. The third-order valence-corrected chi connectivity index (χ3v) is 3.94. The third-order valence-electron chi connectivity index (χ3n) is 3.94. The van der Waals surface area contributed by atoms with Crippen molar-refractivity contribution in [3.63, 3.8) is 0 Å². The van der Waals surface area contributed by atoms with Crippen LogP contribution in [0.3, 0.4) is 0 Å².